The van der Waals surface area contributed by atoms with Gasteiger partial charge in [0.05, 0.1) is 11.2 Å². The molecule has 2 aliphatic rings. The lowest BCUT2D eigenvalue weighted by atomic mass is 9.85. The molecule has 0 unspecified atom stereocenters. The molecule has 2 saturated carbocycles. The molecule has 0 saturated heterocycles. The van der Waals surface area contributed by atoms with E-state index < -0.39 is 0 Å². The number of nitrogens with zero attached hydrogens (tertiary/aromatic N) is 2. The first kappa shape index (κ1) is 13.9. The van der Waals surface area contributed by atoms with Crippen LogP contribution in [0.4, 0.5) is 5.69 Å². The Morgan fingerprint density at radius 2 is 2.10 bits per heavy atom. The minimum absolute atomic E-state index is 0.101. The van der Waals surface area contributed by atoms with Gasteiger partial charge >= 0.3 is 0 Å². The topological polar surface area (TPSA) is 59.0 Å². The Balaban J connectivity index is 1.61. The van der Waals surface area contributed by atoms with Crippen molar-refractivity contribution in [2.24, 2.45) is 5.92 Å². The van der Waals surface area contributed by atoms with E-state index in [0.29, 0.717) is 35.8 Å². The van der Waals surface area contributed by atoms with Crippen molar-refractivity contribution in [3.05, 3.63) is 21.6 Å². The minimum Gasteiger partial charge on any atom is -0.378 e. The van der Waals surface area contributed by atoms with Gasteiger partial charge in [0.25, 0.3) is 5.56 Å². The fourth-order valence-electron chi connectivity index (χ4n) is 2.43. The van der Waals surface area contributed by atoms with E-state index in [0.717, 1.165) is 6.54 Å². The normalized spacial score (nSPS) is 18.9. The Morgan fingerprint density at radius 1 is 1.30 bits per heavy atom. The molecular formula is C14H21ClN4O. The summed E-state index contributed by atoms with van der Waals surface area (Å²) in [7, 11) is 0. The summed E-state index contributed by atoms with van der Waals surface area (Å²) in [5.74, 6) is 0.603. The van der Waals surface area contributed by atoms with Crippen molar-refractivity contribution >= 4 is 17.3 Å². The molecule has 0 spiro atoms. The zero-order valence-electron chi connectivity index (χ0n) is 11.6. The molecule has 0 aromatic carbocycles. The Bertz CT molecular complexity index is 522. The van der Waals surface area contributed by atoms with Crippen LogP contribution in [-0.4, -0.2) is 28.9 Å². The van der Waals surface area contributed by atoms with Gasteiger partial charge in [0.2, 0.25) is 0 Å². The summed E-state index contributed by atoms with van der Waals surface area (Å²) in [5, 5.41) is 11.1. The maximum absolute atomic E-state index is 12.3. The number of aromatic nitrogens is 2. The van der Waals surface area contributed by atoms with Crippen LogP contribution < -0.4 is 16.2 Å². The van der Waals surface area contributed by atoms with Crippen molar-refractivity contribution in [2.75, 3.05) is 18.4 Å². The first-order chi connectivity index (χ1) is 9.74. The second kappa shape index (κ2) is 6.14. The predicted octanol–water partition coefficient (Wildman–Crippen LogP) is 1.86. The lowest BCUT2D eigenvalue weighted by molar-refractivity contribution is 0.262. The number of hydrogen-bond acceptors (Lipinski definition) is 4. The highest BCUT2D eigenvalue weighted by molar-refractivity contribution is 6.32. The lowest BCUT2D eigenvalue weighted by Gasteiger charge is -2.25. The quantitative estimate of drug-likeness (QED) is 0.754. The molecule has 20 heavy (non-hydrogen) atoms. The number of rotatable bonds is 7. The maximum atomic E-state index is 12.3. The second-order valence-corrected chi connectivity index (χ2v) is 6.21. The summed E-state index contributed by atoms with van der Waals surface area (Å²) in [6, 6.07) is 0.681. The maximum Gasteiger partial charge on any atom is 0.291 e. The first-order valence-electron chi connectivity index (χ1n) is 7.47. The standard InChI is InChI=1S/C14H21ClN4O/c15-12-8-18-19(9-10-2-1-3-10)14(20)13(12)17-7-6-16-11-4-5-11/h8,10-11,16-17H,1-7,9H2. The van der Waals surface area contributed by atoms with E-state index in [4.69, 9.17) is 11.6 Å². The van der Waals surface area contributed by atoms with E-state index in [2.05, 4.69) is 15.7 Å². The van der Waals surface area contributed by atoms with Crippen LogP contribution in [-0.2, 0) is 6.54 Å². The zero-order chi connectivity index (χ0) is 13.9. The van der Waals surface area contributed by atoms with E-state index in [1.54, 1.807) is 10.9 Å². The van der Waals surface area contributed by atoms with Crippen molar-refractivity contribution in [1.82, 2.24) is 15.1 Å². The zero-order valence-corrected chi connectivity index (χ0v) is 12.3. The summed E-state index contributed by atoms with van der Waals surface area (Å²) in [6.07, 6.45) is 7.77. The van der Waals surface area contributed by atoms with Gasteiger partial charge in [-0.2, -0.15) is 5.10 Å². The third kappa shape index (κ3) is 3.33. The Morgan fingerprint density at radius 3 is 2.75 bits per heavy atom. The van der Waals surface area contributed by atoms with Gasteiger partial charge in [-0.15, -0.1) is 0 Å². The van der Waals surface area contributed by atoms with Crippen molar-refractivity contribution in [3.8, 4) is 0 Å². The summed E-state index contributed by atoms with van der Waals surface area (Å²) in [5.41, 5.74) is 0.384. The summed E-state index contributed by atoms with van der Waals surface area (Å²) in [6.45, 7) is 2.27. The third-order valence-corrected chi connectivity index (χ3v) is 4.38. The van der Waals surface area contributed by atoms with Crippen molar-refractivity contribution in [3.63, 3.8) is 0 Å². The smallest absolute Gasteiger partial charge is 0.291 e. The second-order valence-electron chi connectivity index (χ2n) is 5.81. The van der Waals surface area contributed by atoms with Gasteiger partial charge in [-0.3, -0.25) is 4.79 Å². The van der Waals surface area contributed by atoms with Crippen LogP contribution in [0.1, 0.15) is 32.1 Å². The molecule has 6 heteroatoms. The van der Waals surface area contributed by atoms with Crippen molar-refractivity contribution < 1.29 is 0 Å². The van der Waals surface area contributed by atoms with Gasteiger partial charge in [0.1, 0.15) is 5.69 Å². The molecule has 2 aliphatic carbocycles. The molecule has 1 aromatic rings. The molecule has 0 radical (unpaired) electrons. The van der Waals surface area contributed by atoms with Crippen LogP contribution in [0.25, 0.3) is 0 Å². The van der Waals surface area contributed by atoms with Gasteiger partial charge in [-0.25, -0.2) is 4.68 Å². The summed E-state index contributed by atoms with van der Waals surface area (Å²) in [4.78, 5) is 12.3. The highest BCUT2D eigenvalue weighted by Gasteiger charge is 2.21. The van der Waals surface area contributed by atoms with Crippen molar-refractivity contribution in [1.29, 1.82) is 0 Å². The van der Waals surface area contributed by atoms with Crippen molar-refractivity contribution in [2.45, 2.75) is 44.7 Å². The van der Waals surface area contributed by atoms with Crippen LogP contribution in [0.15, 0.2) is 11.0 Å². The molecule has 0 bridgehead atoms. The largest absolute Gasteiger partial charge is 0.378 e. The molecule has 5 nitrogen and oxygen atoms in total. The van der Waals surface area contributed by atoms with Crippen LogP contribution in [0.5, 0.6) is 0 Å². The minimum atomic E-state index is -0.101. The molecular weight excluding hydrogens is 276 g/mol. The third-order valence-electron chi connectivity index (χ3n) is 4.09. The molecule has 1 heterocycles. The van der Waals surface area contributed by atoms with Gasteiger partial charge in [-0.05, 0) is 31.6 Å². The van der Waals surface area contributed by atoms with Crippen LogP contribution in [0, 0.1) is 5.92 Å². The average Bonchev–Trinajstić information content (AvgIpc) is 3.19. The van der Waals surface area contributed by atoms with E-state index in [1.165, 1.54) is 32.1 Å². The lowest BCUT2D eigenvalue weighted by Crippen LogP contribution is -2.32. The Hall–Kier alpha value is -1.07. The van der Waals surface area contributed by atoms with E-state index >= 15 is 0 Å². The van der Waals surface area contributed by atoms with Gasteiger partial charge in [0, 0.05) is 25.7 Å². The highest BCUT2D eigenvalue weighted by Crippen LogP contribution is 2.27. The number of hydrogen-bond donors (Lipinski definition) is 2. The molecule has 3 rings (SSSR count). The number of anilines is 1. The van der Waals surface area contributed by atoms with E-state index in [9.17, 15) is 4.79 Å². The van der Waals surface area contributed by atoms with Crippen LogP contribution >= 0.6 is 11.6 Å². The first-order valence-corrected chi connectivity index (χ1v) is 7.84. The summed E-state index contributed by atoms with van der Waals surface area (Å²) < 4.78 is 1.55. The molecule has 0 aliphatic heterocycles. The molecule has 2 fully saturated rings. The van der Waals surface area contributed by atoms with E-state index in [-0.39, 0.29) is 5.56 Å². The van der Waals surface area contributed by atoms with Gasteiger partial charge in [-0.1, -0.05) is 18.0 Å². The van der Waals surface area contributed by atoms with E-state index in [1.807, 2.05) is 0 Å². The summed E-state index contributed by atoms with van der Waals surface area (Å²) >= 11 is 6.08. The predicted molar refractivity (Wildman–Crippen MR) is 80.4 cm³/mol. The molecule has 2 N–H and O–H groups in total. The SMILES string of the molecule is O=c1c(NCCNC2CC2)c(Cl)cnn1CC1CCC1. The fourth-order valence-corrected chi connectivity index (χ4v) is 2.62. The van der Waals surface area contributed by atoms with Crippen LogP contribution in [0.3, 0.4) is 0 Å². The highest BCUT2D eigenvalue weighted by atomic mass is 35.5. The number of halogens is 1. The van der Waals surface area contributed by atoms with Gasteiger partial charge < -0.3 is 10.6 Å². The van der Waals surface area contributed by atoms with Gasteiger partial charge in [0.15, 0.2) is 0 Å². The fraction of sp³-hybridized carbons (Fsp3) is 0.714. The Kier molecular flexibility index (Phi) is 4.27. The molecule has 0 atom stereocenters. The van der Waals surface area contributed by atoms with Crippen LogP contribution in [0.2, 0.25) is 5.02 Å². The molecule has 110 valence electrons. The monoisotopic (exact) mass is 296 g/mol. The molecule has 1 aromatic heterocycles. The molecule has 0 amide bonds. The average molecular weight is 297 g/mol. The Labute approximate surface area is 123 Å². The number of nitrogens with one attached hydrogen (secondary N) is 2.